The monoisotopic (exact) mass is 482 g/mol. The summed E-state index contributed by atoms with van der Waals surface area (Å²) in [6.07, 6.45) is -6.67. The fourth-order valence-electron chi connectivity index (χ4n) is 2.61. The first-order chi connectivity index (χ1) is 14.0. The minimum absolute atomic E-state index is 0. The summed E-state index contributed by atoms with van der Waals surface area (Å²) < 4.78 is 41.2. The summed E-state index contributed by atoms with van der Waals surface area (Å²) in [5.74, 6) is -3.50. The molecule has 7 nitrogen and oxygen atoms in total. The molecule has 5 N–H and O–H groups in total. The highest BCUT2D eigenvalue weighted by molar-refractivity contribution is 6.32. The quantitative estimate of drug-likeness (QED) is 0.458. The first-order valence-electron chi connectivity index (χ1n) is 8.54. The third kappa shape index (κ3) is 7.91. The van der Waals surface area contributed by atoms with Crippen molar-refractivity contribution in [3.63, 3.8) is 0 Å². The molecule has 2 rings (SSSR count). The number of aliphatic hydroxyl groups is 1. The number of aliphatic carboxylic acids is 1. The Morgan fingerprint density at radius 3 is 2.32 bits per heavy atom. The van der Waals surface area contributed by atoms with Gasteiger partial charge in [-0.25, -0.2) is 4.79 Å². The number of halogens is 5. The van der Waals surface area contributed by atoms with Crippen LogP contribution in [0.25, 0.3) is 0 Å². The number of benzene rings is 2. The molecular formula is C19H19Cl2F3N2O5. The van der Waals surface area contributed by atoms with Crippen LogP contribution in [0.5, 0.6) is 5.75 Å². The third-order valence-electron chi connectivity index (χ3n) is 4.04. The Balaban J connectivity index is 0.00000480. The van der Waals surface area contributed by atoms with Crippen LogP contribution in [-0.2, 0) is 16.0 Å². The molecule has 0 aromatic heterocycles. The molecule has 0 radical (unpaired) electrons. The van der Waals surface area contributed by atoms with Crippen molar-refractivity contribution >= 4 is 35.9 Å². The van der Waals surface area contributed by atoms with Crippen molar-refractivity contribution in [3.05, 3.63) is 64.7 Å². The van der Waals surface area contributed by atoms with E-state index in [1.54, 1.807) is 30.3 Å². The molecule has 170 valence electrons. The topological polar surface area (TPSA) is 122 Å². The standard InChI is InChI=1S/C19H18ClF3N2O5.ClH/c20-12-7-6-11(9-14(12)30-19(21,22)23)15(18(28)29)25-17(27)16(26)13(24)8-10-4-2-1-3-5-10;/h1-7,9,13,15-16,26H,8,24H2,(H,25,27)(H,28,29);1H/t13-,15-,16+;/m1./s1. The zero-order valence-electron chi connectivity index (χ0n) is 15.7. The summed E-state index contributed by atoms with van der Waals surface area (Å²) in [4.78, 5) is 23.9. The van der Waals surface area contributed by atoms with Crippen molar-refractivity contribution in [1.82, 2.24) is 5.32 Å². The molecule has 0 aliphatic heterocycles. The molecule has 0 unspecified atom stereocenters. The fraction of sp³-hybridized carbons (Fsp3) is 0.263. The Kier molecular flexibility index (Phi) is 9.57. The molecule has 0 bridgehead atoms. The number of carboxylic acids is 1. The van der Waals surface area contributed by atoms with Crippen molar-refractivity contribution in [2.45, 2.75) is 31.0 Å². The largest absolute Gasteiger partial charge is 0.573 e. The first-order valence-corrected chi connectivity index (χ1v) is 8.91. The van der Waals surface area contributed by atoms with Crippen LogP contribution in [0.4, 0.5) is 13.2 Å². The number of ether oxygens (including phenoxy) is 1. The number of hydrogen-bond acceptors (Lipinski definition) is 5. The number of carboxylic acid groups (broad SMARTS) is 1. The smallest absolute Gasteiger partial charge is 0.479 e. The van der Waals surface area contributed by atoms with Gasteiger partial charge in [-0.1, -0.05) is 48.0 Å². The zero-order valence-corrected chi connectivity index (χ0v) is 17.2. The van der Waals surface area contributed by atoms with E-state index in [4.69, 9.17) is 17.3 Å². The van der Waals surface area contributed by atoms with Crippen molar-refractivity contribution in [2.24, 2.45) is 5.73 Å². The minimum atomic E-state index is -5.05. The van der Waals surface area contributed by atoms with Crippen LogP contribution in [0.3, 0.4) is 0 Å². The summed E-state index contributed by atoms with van der Waals surface area (Å²) >= 11 is 5.64. The van der Waals surface area contributed by atoms with Gasteiger partial charge in [0.15, 0.2) is 6.04 Å². The van der Waals surface area contributed by atoms with Gasteiger partial charge >= 0.3 is 12.3 Å². The highest BCUT2D eigenvalue weighted by atomic mass is 35.5. The lowest BCUT2D eigenvalue weighted by molar-refractivity contribution is -0.274. The van der Waals surface area contributed by atoms with Crippen LogP contribution in [0.1, 0.15) is 17.2 Å². The van der Waals surface area contributed by atoms with Gasteiger partial charge in [-0.3, -0.25) is 4.79 Å². The first kappa shape index (κ1) is 26.5. The molecule has 0 aliphatic rings. The van der Waals surface area contributed by atoms with Gasteiger partial charge in [0.25, 0.3) is 5.91 Å². The maximum Gasteiger partial charge on any atom is 0.573 e. The van der Waals surface area contributed by atoms with E-state index in [1.807, 2.05) is 0 Å². The second-order valence-corrected chi connectivity index (χ2v) is 6.72. The molecule has 0 heterocycles. The van der Waals surface area contributed by atoms with E-state index in [1.165, 1.54) is 0 Å². The van der Waals surface area contributed by atoms with Crippen LogP contribution < -0.4 is 15.8 Å². The molecule has 0 spiro atoms. The number of nitrogens with one attached hydrogen (secondary N) is 1. The summed E-state index contributed by atoms with van der Waals surface area (Å²) in [6, 6.07) is 8.77. The molecule has 0 aliphatic carbocycles. The summed E-state index contributed by atoms with van der Waals surface area (Å²) in [5.41, 5.74) is 6.33. The van der Waals surface area contributed by atoms with E-state index in [0.29, 0.717) is 0 Å². The molecular weight excluding hydrogens is 464 g/mol. The highest BCUT2D eigenvalue weighted by Gasteiger charge is 2.33. The SMILES string of the molecule is Cl.N[C@H](Cc1ccccc1)[C@H](O)C(=O)N[C@@H](C(=O)O)c1ccc(Cl)c(OC(F)(F)F)c1. The Hall–Kier alpha value is -2.53. The molecule has 12 heteroatoms. The molecule has 2 aromatic rings. The van der Waals surface area contributed by atoms with Crippen LogP contribution in [0.2, 0.25) is 5.02 Å². The number of alkyl halides is 3. The van der Waals surface area contributed by atoms with Gasteiger partial charge in [-0.15, -0.1) is 25.6 Å². The van der Waals surface area contributed by atoms with Crippen molar-refractivity contribution in [1.29, 1.82) is 0 Å². The predicted octanol–water partition coefficient (Wildman–Crippen LogP) is 2.83. The maximum atomic E-state index is 12.5. The van der Waals surface area contributed by atoms with Gasteiger partial charge in [-0.05, 0) is 29.7 Å². The number of rotatable bonds is 8. The van der Waals surface area contributed by atoms with E-state index in [0.717, 1.165) is 23.8 Å². The lowest BCUT2D eigenvalue weighted by atomic mass is 10.0. The van der Waals surface area contributed by atoms with Gasteiger partial charge in [0.1, 0.15) is 11.9 Å². The number of carbonyl (C=O) groups excluding carboxylic acids is 1. The van der Waals surface area contributed by atoms with Gasteiger partial charge in [-0.2, -0.15) is 0 Å². The average molecular weight is 483 g/mol. The van der Waals surface area contributed by atoms with Gasteiger partial charge in [0, 0.05) is 6.04 Å². The zero-order chi connectivity index (χ0) is 22.5. The highest BCUT2D eigenvalue weighted by Crippen LogP contribution is 2.32. The lowest BCUT2D eigenvalue weighted by Crippen LogP contribution is -2.49. The van der Waals surface area contributed by atoms with E-state index < -0.39 is 47.2 Å². The maximum absolute atomic E-state index is 12.5. The molecule has 0 fully saturated rings. The second kappa shape index (κ2) is 11.2. The van der Waals surface area contributed by atoms with Crippen molar-refractivity contribution < 1.29 is 37.7 Å². The fourth-order valence-corrected chi connectivity index (χ4v) is 2.77. The van der Waals surface area contributed by atoms with Crippen LogP contribution >= 0.6 is 24.0 Å². The predicted molar refractivity (Wildman–Crippen MR) is 108 cm³/mol. The molecule has 1 amide bonds. The van der Waals surface area contributed by atoms with E-state index in [9.17, 15) is 33.0 Å². The van der Waals surface area contributed by atoms with Crippen LogP contribution in [0, 0.1) is 0 Å². The number of aliphatic hydroxyl groups excluding tert-OH is 1. The molecule has 2 aromatic carbocycles. The number of amides is 1. The Morgan fingerprint density at radius 1 is 1.16 bits per heavy atom. The molecule has 3 atom stereocenters. The number of hydrogen-bond donors (Lipinski definition) is 4. The van der Waals surface area contributed by atoms with Crippen LogP contribution in [-0.4, -0.2) is 40.6 Å². The van der Waals surface area contributed by atoms with E-state index in [-0.39, 0.29) is 24.4 Å². The van der Waals surface area contributed by atoms with Gasteiger partial charge in [0.05, 0.1) is 5.02 Å². The van der Waals surface area contributed by atoms with Gasteiger partial charge in [0.2, 0.25) is 0 Å². The van der Waals surface area contributed by atoms with Gasteiger partial charge < -0.3 is 26.0 Å². The second-order valence-electron chi connectivity index (χ2n) is 6.32. The molecule has 0 saturated carbocycles. The normalized spacial score (nSPS) is 14.0. The Morgan fingerprint density at radius 2 is 1.77 bits per heavy atom. The molecule has 0 saturated heterocycles. The summed E-state index contributed by atoms with van der Waals surface area (Å²) in [7, 11) is 0. The third-order valence-corrected chi connectivity index (χ3v) is 4.35. The van der Waals surface area contributed by atoms with E-state index in [2.05, 4.69) is 10.1 Å². The Labute approximate surface area is 186 Å². The van der Waals surface area contributed by atoms with Crippen molar-refractivity contribution in [3.8, 4) is 5.75 Å². The van der Waals surface area contributed by atoms with E-state index >= 15 is 0 Å². The summed E-state index contributed by atoms with van der Waals surface area (Å²) in [5, 5.41) is 21.2. The number of nitrogens with two attached hydrogens (primary N) is 1. The lowest BCUT2D eigenvalue weighted by Gasteiger charge is -2.22. The Bertz CT molecular complexity index is 900. The molecule has 31 heavy (non-hydrogen) atoms. The van der Waals surface area contributed by atoms with Crippen LogP contribution in [0.15, 0.2) is 48.5 Å². The summed E-state index contributed by atoms with van der Waals surface area (Å²) in [6.45, 7) is 0. The average Bonchev–Trinajstić information content (AvgIpc) is 2.66. The van der Waals surface area contributed by atoms with Crippen molar-refractivity contribution in [2.75, 3.05) is 0 Å². The minimum Gasteiger partial charge on any atom is -0.479 e. The number of carbonyl (C=O) groups is 2.